The van der Waals surface area contributed by atoms with Crippen molar-refractivity contribution in [2.24, 2.45) is 0 Å². The number of aryl methyl sites for hydroxylation is 2. The second-order valence-electron chi connectivity index (χ2n) is 6.90. The summed E-state index contributed by atoms with van der Waals surface area (Å²) >= 11 is 5.62. The molecule has 2 aromatic heterocycles. The third-order valence-electron chi connectivity index (χ3n) is 4.66. The van der Waals surface area contributed by atoms with Gasteiger partial charge in [-0.2, -0.15) is 0 Å². The van der Waals surface area contributed by atoms with E-state index in [-0.39, 0.29) is 0 Å². The van der Waals surface area contributed by atoms with Crippen LogP contribution in [0.2, 0.25) is 0 Å². The third kappa shape index (κ3) is 5.04. The summed E-state index contributed by atoms with van der Waals surface area (Å²) in [5.74, 6) is 0.986. The van der Waals surface area contributed by atoms with Crippen molar-refractivity contribution < 1.29 is 0 Å². The highest BCUT2D eigenvalue weighted by Crippen LogP contribution is 2.17. The van der Waals surface area contributed by atoms with Gasteiger partial charge >= 0.3 is 0 Å². The summed E-state index contributed by atoms with van der Waals surface area (Å²) in [6, 6.07) is 8.34. The van der Waals surface area contributed by atoms with E-state index in [2.05, 4.69) is 59.2 Å². The number of hydrogen-bond acceptors (Lipinski definition) is 3. The summed E-state index contributed by atoms with van der Waals surface area (Å²) in [5, 5.41) is 4.16. The average Bonchev–Trinajstić information content (AvgIpc) is 3.04. The number of thiocarbonyl (C=S) groups is 1. The SMILES string of the molecule is CCCN(Cc1cccnc1)C(=S)NCCc1nc2cc(C)c(C)cc2[nH]1. The molecule has 0 aliphatic rings. The number of fused-ring (bicyclic) bond motifs is 1. The lowest BCUT2D eigenvalue weighted by Crippen LogP contribution is -2.40. The molecule has 0 saturated heterocycles. The molecule has 27 heavy (non-hydrogen) atoms. The fourth-order valence-corrected chi connectivity index (χ4v) is 3.33. The van der Waals surface area contributed by atoms with Gasteiger partial charge in [0.2, 0.25) is 0 Å². The van der Waals surface area contributed by atoms with Crippen LogP contribution in [0.1, 0.15) is 35.9 Å². The van der Waals surface area contributed by atoms with E-state index in [1.54, 1.807) is 6.20 Å². The van der Waals surface area contributed by atoms with E-state index in [0.29, 0.717) is 0 Å². The number of pyridine rings is 1. The van der Waals surface area contributed by atoms with Gasteiger partial charge in [-0.05, 0) is 67.4 Å². The van der Waals surface area contributed by atoms with E-state index in [1.807, 2.05) is 12.3 Å². The Morgan fingerprint density at radius 2 is 2.07 bits per heavy atom. The highest BCUT2D eigenvalue weighted by Gasteiger charge is 2.10. The summed E-state index contributed by atoms with van der Waals surface area (Å²) < 4.78 is 0. The Kier molecular flexibility index (Phi) is 6.40. The number of aromatic amines is 1. The summed E-state index contributed by atoms with van der Waals surface area (Å²) in [6.07, 6.45) is 5.54. The first-order valence-electron chi connectivity index (χ1n) is 9.44. The zero-order valence-corrected chi connectivity index (χ0v) is 17.1. The summed E-state index contributed by atoms with van der Waals surface area (Å²) in [5.41, 5.74) is 5.84. The molecular weight excluding hydrogens is 354 g/mol. The number of H-pyrrole nitrogens is 1. The number of nitrogens with zero attached hydrogens (tertiary/aromatic N) is 3. The molecule has 2 heterocycles. The van der Waals surface area contributed by atoms with Crippen molar-refractivity contribution in [3.05, 3.63) is 59.2 Å². The molecule has 0 amide bonds. The molecule has 0 fully saturated rings. The number of benzene rings is 1. The summed E-state index contributed by atoms with van der Waals surface area (Å²) in [6.45, 7) is 8.86. The zero-order chi connectivity index (χ0) is 19.2. The van der Waals surface area contributed by atoms with Gasteiger partial charge in [-0.1, -0.05) is 13.0 Å². The van der Waals surface area contributed by atoms with Crippen molar-refractivity contribution in [3.63, 3.8) is 0 Å². The lowest BCUT2D eigenvalue weighted by atomic mass is 10.1. The fourth-order valence-electron chi connectivity index (χ4n) is 3.07. The maximum absolute atomic E-state index is 5.62. The van der Waals surface area contributed by atoms with Gasteiger partial charge in [0.25, 0.3) is 0 Å². The lowest BCUT2D eigenvalue weighted by molar-refractivity contribution is 0.404. The Hall–Kier alpha value is -2.47. The van der Waals surface area contributed by atoms with E-state index in [1.165, 1.54) is 11.1 Å². The van der Waals surface area contributed by atoms with Gasteiger partial charge in [0, 0.05) is 38.4 Å². The molecule has 3 rings (SSSR count). The number of imidazole rings is 1. The van der Waals surface area contributed by atoms with Gasteiger partial charge < -0.3 is 15.2 Å². The van der Waals surface area contributed by atoms with Crippen molar-refractivity contribution in [2.45, 2.75) is 40.2 Å². The molecule has 0 atom stereocenters. The maximum Gasteiger partial charge on any atom is 0.169 e. The standard InChI is InChI=1S/C21H27N5S/c1-4-10-26(14-17-6-5-8-22-13-17)21(27)23-9-7-20-24-18-11-15(2)16(3)12-19(18)25-20/h5-6,8,11-13H,4,7,9-10,14H2,1-3H3,(H,23,27)(H,24,25). The second kappa shape index (κ2) is 8.95. The number of hydrogen-bond donors (Lipinski definition) is 2. The van der Waals surface area contributed by atoms with Crippen molar-refractivity contribution in [1.82, 2.24) is 25.2 Å². The molecule has 0 bridgehead atoms. The number of rotatable bonds is 7. The van der Waals surface area contributed by atoms with Crippen LogP contribution in [0.3, 0.4) is 0 Å². The van der Waals surface area contributed by atoms with Gasteiger partial charge in [-0.3, -0.25) is 4.98 Å². The van der Waals surface area contributed by atoms with Gasteiger partial charge in [-0.15, -0.1) is 0 Å². The average molecular weight is 382 g/mol. The Labute approximate surface area is 166 Å². The Bertz CT molecular complexity index is 865. The number of nitrogens with one attached hydrogen (secondary N) is 2. The first kappa shape index (κ1) is 19.3. The minimum atomic E-state index is 0.754. The summed E-state index contributed by atoms with van der Waals surface area (Å²) in [4.78, 5) is 14.5. The predicted octanol–water partition coefficient (Wildman–Crippen LogP) is 3.90. The molecular formula is C21H27N5S. The van der Waals surface area contributed by atoms with Crippen molar-refractivity contribution in [1.29, 1.82) is 0 Å². The minimum Gasteiger partial charge on any atom is -0.362 e. The van der Waals surface area contributed by atoms with Gasteiger partial charge in [0.1, 0.15) is 5.82 Å². The molecule has 0 unspecified atom stereocenters. The summed E-state index contributed by atoms with van der Waals surface area (Å²) in [7, 11) is 0. The van der Waals surface area contributed by atoms with Crippen LogP contribution in [-0.2, 0) is 13.0 Å². The van der Waals surface area contributed by atoms with Gasteiger partial charge in [-0.25, -0.2) is 4.98 Å². The van der Waals surface area contributed by atoms with Crippen molar-refractivity contribution in [2.75, 3.05) is 13.1 Å². The van der Waals surface area contributed by atoms with Crippen LogP contribution in [0.15, 0.2) is 36.7 Å². The molecule has 2 N–H and O–H groups in total. The number of aromatic nitrogens is 3. The molecule has 3 aromatic rings. The van der Waals surface area contributed by atoms with Crippen LogP contribution in [0.25, 0.3) is 11.0 Å². The maximum atomic E-state index is 5.62. The van der Waals surface area contributed by atoms with E-state index in [4.69, 9.17) is 17.2 Å². The fraction of sp³-hybridized carbons (Fsp3) is 0.381. The lowest BCUT2D eigenvalue weighted by Gasteiger charge is -2.25. The molecule has 0 spiro atoms. The molecule has 0 aliphatic heterocycles. The van der Waals surface area contributed by atoms with Gasteiger partial charge in [0.15, 0.2) is 5.11 Å². The van der Waals surface area contributed by atoms with Gasteiger partial charge in [0.05, 0.1) is 11.0 Å². The second-order valence-corrected chi connectivity index (χ2v) is 7.29. The van der Waals surface area contributed by atoms with Crippen LogP contribution in [-0.4, -0.2) is 38.1 Å². The van der Waals surface area contributed by atoms with E-state index in [9.17, 15) is 0 Å². The zero-order valence-electron chi connectivity index (χ0n) is 16.2. The minimum absolute atomic E-state index is 0.754. The molecule has 0 saturated carbocycles. The Morgan fingerprint density at radius 1 is 1.26 bits per heavy atom. The van der Waals surface area contributed by atoms with E-state index in [0.717, 1.165) is 60.0 Å². The molecule has 0 aliphatic carbocycles. The largest absolute Gasteiger partial charge is 0.362 e. The van der Waals surface area contributed by atoms with Crippen molar-refractivity contribution >= 4 is 28.4 Å². The molecule has 1 aromatic carbocycles. The van der Waals surface area contributed by atoms with Crippen LogP contribution in [0.5, 0.6) is 0 Å². The Morgan fingerprint density at radius 3 is 2.81 bits per heavy atom. The first-order valence-corrected chi connectivity index (χ1v) is 9.85. The van der Waals surface area contributed by atoms with Crippen LogP contribution >= 0.6 is 12.2 Å². The molecule has 0 radical (unpaired) electrons. The predicted molar refractivity (Wildman–Crippen MR) is 115 cm³/mol. The monoisotopic (exact) mass is 381 g/mol. The molecule has 142 valence electrons. The van der Waals surface area contributed by atoms with Crippen LogP contribution < -0.4 is 5.32 Å². The highest BCUT2D eigenvalue weighted by molar-refractivity contribution is 7.80. The normalized spacial score (nSPS) is 10.9. The Balaban J connectivity index is 1.57. The van der Waals surface area contributed by atoms with Crippen LogP contribution in [0.4, 0.5) is 0 Å². The first-order chi connectivity index (χ1) is 13.1. The van der Waals surface area contributed by atoms with E-state index < -0.39 is 0 Å². The van der Waals surface area contributed by atoms with E-state index >= 15 is 0 Å². The molecule has 6 heteroatoms. The topological polar surface area (TPSA) is 56.8 Å². The quantitative estimate of drug-likeness (QED) is 0.608. The van der Waals surface area contributed by atoms with Crippen LogP contribution in [0, 0.1) is 13.8 Å². The van der Waals surface area contributed by atoms with Crippen molar-refractivity contribution in [3.8, 4) is 0 Å². The third-order valence-corrected chi connectivity index (χ3v) is 5.06. The molecule has 5 nitrogen and oxygen atoms in total. The highest BCUT2D eigenvalue weighted by atomic mass is 32.1. The smallest absolute Gasteiger partial charge is 0.169 e.